The summed E-state index contributed by atoms with van der Waals surface area (Å²) in [5.74, 6) is 0.0576. The van der Waals surface area contributed by atoms with E-state index in [-0.39, 0.29) is 11.9 Å². The number of esters is 1. The van der Waals surface area contributed by atoms with Crippen LogP contribution in [0.1, 0.15) is 45.4 Å². The molecule has 1 atom stereocenters. The summed E-state index contributed by atoms with van der Waals surface area (Å²) in [6.45, 7) is 4.84. The van der Waals surface area contributed by atoms with Gasteiger partial charge in [-0.25, -0.2) is 0 Å². The molecule has 2 aliphatic rings. The van der Waals surface area contributed by atoms with E-state index in [0.717, 1.165) is 38.4 Å². The SMILES string of the molecule is C[C@@H](OC(=O)CCC1CCCC1)C(=O)Nc1ccc(N2CCOCC2)cc1. The van der Waals surface area contributed by atoms with Crippen molar-refractivity contribution in [3.05, 3.63) is 24.3 Å². The van der Waals surface area contributed by atoms with Crippen molar-refractivity contribution in [2.24, 2.45) is 5.92 Å². The third-order valence-corrected chi connectivity index (χ3v) is 5.42. The summed E-state index contributed by atoms with van der Waals surface area (Å²) in [5, 5.41) is 2.82. The van der Waals surface area contributed by atoms with Gasteiger partial charge in [0.05, 0.1) is 13.2 Å². The molecule has 0 bridgehead atoms. The first kappa shape index (κ1) is 19.7. The number of rotatable bonds is 7. The molecule has 3 rings (SSSR count). The lowest BCUT2D eigenvalue weighted by molar-refractivity contribution is -0.153. The fourth-order valence-corrected chi connectivity index (χ4v) is 3.75. The van der Waals surface area contributed by atoms with Crippen LogP contribution in [0.15, 0.2) is 24.3 Å². The number of nitrogens with one attached hydrogen (secondary N) is 1. The van der Waals surface area contributed by atoms with Crippen molar-refractivity contribution in [3.8, 4) is 0 Å². The Hall–Kier alpha value is -2.08. The van der Waals surface area contributed by atoms with Crippen LogP contribution >= 0.6 is 0 Å². The average Bonchev–Trinajstić information content (AvgIpc) is 3.21. The number of benzene rings is 1. The normalized spacial score (nSPS) is 18.9. The number of carbonyl (C=O) groups is 2. The van der Waals surface area contributed by atoms with Crippen molar-refractivity contribution in [3.63, 3.8) is 0 Å². The number of hydrogen-bond donors (Lipinski definition) is 1. The predicted octanol–water partition coefficient (Wildman–Crippen LogP) is 3.36. The number of morpholine rings is 1. The molecule has 0 radical (unpaired) electrons. The van der Waals surface area contributed by atoms with Gasteiger partial charge in [-0.3, -0.25) is 9.59 Å². The van der Waals surface area contributed by atoms with Crippen LogP contribution in [-0.2, 0) is 19.1 Å². The summed E-state index contributed by atoms with van der Waals surface area (Å²) in [7, 11) is 0. The maximum Gasteiger partial charge on any atom is 0.306 e. The zero-order valence-electron chi connectivity index (χ0n) is 16.1. The van der Waals surface area contributed by atoms with E-state index in [9.17, 15) is 9.59 Å². The smallest absolute Gasteiger partial charge is 0.306 e. The molecule has 1 aliphatic heterocycles. The van der Waals surface area contributed by atoms with Gasteiger partial charge in [0.2, 0.25) is 0 Å². The first-order chi connectivity index (χ1) is 13.1. The van der Waals surface area contributed by atoms with Crippen LogP contribution in [-0.4, -0.2) is 44.3 Å². The Bertz CT molecular complexity index is 620. The molecule has 1 N–H and O–H groups in total. The van der Waals surface area contributed by atoms with Gasteiger partial charge in [-0.2, -0.15) is 0 Å². The lowest BCUT2D eigenvalue weighted by Gasteiger charge is -2.28. The molecule has 0 aromatic heterocycles. The van der Waals surface area contributed by atoms with Gasteiger partial charge in [-0.1, -0.05) is 25.7 Å². The summed E-state index contributed by atoms with van der Waals surface area (Å²) in [6.07, 6.45) is 5.44. The van der Waals surface area contributed by atoms with Crippen molar-refractivity contribution in [1.29, 1.82) is 0 Å². The van der Waals surface area contributed by atoms with Gasteiger partial charge in [0, 0.05) is 30.9 Å². The number of anilines is 2. The maximum atomic E-state index is 12.3. The largest absolute Gasteiger partial charge is 0.453 e. The van der Waals surface area contributed by atoms with Crippen molar-refractivity contribution < 1.29 is 19.1 Å². The second-order valence-electron chi connectivity index (χ2n) is 7.46. The molecule has 1 saturated heterocycles. The molecule has 148 valence electrons. The van der Waals surface area contributed by atoms with E-state index >= 15 is 0 Å². The summed E-state index contributed by atoms with van der Waals surface area (Å²) >= 11 is 0. The van der Waals surface area contributed by atoms with Gasteiger partial charge in [-0.15, -0.1) is 0 Å². The first-order valence-electron chi connectivity index (χ1n) is 10.0. The van der Waals surface area contributed by atoms with Crippen LogP contribution in [0.2, 0.25) is 0 Å². The molecule has 2 fully saturated rings. The molecule has 1 heterocycles. The lowest BCUT2D eigenvalue weighted by atomic mass is 10.0. The number of nitrogens with zero attached hydrogens (tertiary/aromatic N) is 1. The van der Waals surface area contributed by atoms with Crippen molar-refractivity contribution in [2.45, 2.75) is 51.6 Å². The maximum absolute atomic E-state index is 12.3. The Balaban J connectivity index is 1.42. The van der Waals surface area contributed by atoms with E-state index in [1.165, 1.54) is 25.7 Å². The van der Waals surface area contributed by atoms with E-state index in [0.29, 0.717) is 18.0 Å². The zero-order valence-corrected chi connectivity index (χ0v) is 16.1. The van der Waals surface area contributed by atoms with Gasteiger partial charge < -0.3 is 19.7 Å². The minimum absolute atomic E-state index is 0.285. The Morgan fingerprint density at radius 1 is 1.19 bits per heavy atom. The van der Waals surface area contributed by atoms with Crippen LogP contribution in [0, 0.1) is 5.92 Å². The molecule has 6 nitrogen and oxygen atoms in total. The summed E-state index contributed by atoms with van der Waals surface area (Å²) in [5.41, 5.74) is 1.81. The molecule has 6 heteroatoms. The second kappa shape index (κ2) is 9.74. The zero-order chi connectivity index (χ0) is 19.1. The van der Waals surface area contributed by atoms with Crippen molar-refractivity contribution >= 4 is 23.3 Å². The molecule has 1 aliphatic carbocycles. The first-order valence-corrected chi connectivity index (χ1v) is 10.0. The molecular formula is C21H30N2O4. The summed E-state index contributed by atoms with van der Waals surface area (Å²) in [4.78, 5) is 26.5. The van der Waals surface area contributed by atoms with Crippen LogP contribution in [0.3, 0.4) is 0 Å². The fraction of sp³-hybridized carbons (Fsp3) is 0.619. The van der Waals surface area contributed by atoms with E-state index in [4.69, 9.17) is 9.47 Å². The van der Waals surface area contributed by atoms with Gasteiger partial charge in [0.25, 0.3) is 5.91 Å². The minimum Gasteiger partial charge on any atom is -0.453 e. The topological polar surface area (TPSA) is 67.9 Å². The molecule has 1 amide bonds. The molecule has 0 spiro atoms. The number of ether oxygens (including phenoxy) is 2. The minimum atomic E-state index is -0.792. The number of amides is 1. The van der Waals surface area contributed by atoms with Crippen LogP contribution in [0.4, 0.5) is 11.4 Å². The Labute approximate surface area is 161 Å². The summed E-state index contributed by atoms with van der Waals surface area (Å²) < 4.78 is 10.7. The van der Waals surface area contributed by atoms with E-state index in [2.05, 4.69) is 10.2 Å². The van der Waals surface area contributed by atoms with Crippen LogP contribution < -0.4 is 10.2 Å². The van der Waals surface area contributed by atoms with E-state index < -0.39 is 6.10 Å². The second-order valence-corrected chi connectivity index (χ2v) is 7.46. The highest BCUT2D eigenvalue weighted by atomic mass is 16.5. The summed E-state index contributed by atoms with van der Waals surface area (Å²) in [6, 6.07) is 7.72. The third-order valence-electron chi connectivity index (χ3n) is 5.42. The monoisotopic (exact) mass is 374 g/mol. The molecule has 0 unspecified atom stereocenters. The third kappa shape index (κ3) is 5.96. The fourth-order valence-electron chi connectivity index (χ4n) is 3.75. The molecule has 1 aromatic rings. The van der Waals surface area contributed by atoms with Gasteiger partial charge >= 0.3 is 5.97 Å². The lowest BCUT2D eigenvalue weighted by Crippen LogP contribution is -2.36. The van der Waals surface area contributed by atoms with Gasteiger partial charge in [-0.05, 0) is 43.5 Å². The van der Waals surface area contributed by atoms with Crippen LogP contribution in [0.5, 0.6) is 0 Å². The number of carbonyl (C=O) groups excluding carboxylic acids is 2. The molecule has 1 aromatic carbocycles. The highest BCUT2D eigenvalue weighted by Gasteiger charge is 2.21. The molecular weight excluding hydrogens is 344 g/mol. The highest BCUT2D eigenvalue weighted by molar-refractivity contribution is 5.95. The van der Waals surface area contributed by atoms with Crippen LogP contribution in [0.25, 0.3) is 0 Å². The number of hydrogen-bond acceptors (Lipinski definition) is 5. The standard InChI is InChI=1S/C21H30N2O4/c1-16(27-20(24)11-6-17-4-2-3-5-17)21(25)22-18-7-9-19(10-8-18)23-12-14-26-15-13-23/h7-10,16-17H,2-6,11-15H2,1H3,(H,22,25)/t16-/m1/s1. The van der Waals surface area contributed by atoms with Crippen molar-refractivity contribution in [1.82, 2.24) is 0 Å². The quantitative estimate of drug-likeness (QED) is 0.741. The van der Waals surface area contributed by atoms with Crippen molar-refractivity contribution in [2.75, 3.05) is 36.5 Å². The molecule has 1 saturated carbocycles. The Kier molecular flexibility index (Phi) is 7.10. The Morgan fingerprint density at radius 2 is 1.85 bits per heavy atom. The highest BCUT2D eigenvalue weighted by Crippen LogP contribution is 2.28. The van der Waals surface area contributed by atoms with E-state index in [1.807, 2.05) is 24.3 Å². The Morgan fingerprint density at radius 3 is 2.52 bits per heavy atom. The van der Waals surface area contributed by atoms with E-state index in [1.54, 1.807) is 6.92 Å². The molecule has 27 heavy (non-hydrogen) atoms. The predicted molar refractivity (Wildman–Crippen MR) is 105 cm³/mol. The van der Waals surface area contributed by atoms with Gasteiger partial charge in [0.1, 0.15) is 0 Å². The van der Waals surface area contributed by atoms with Gasteiger partial charge in [0.15, 0.2) is 6.10 Å². The average molecular weight is 374 g/mol.